The summed E-state index contributed by atoms with van der Waals surface area (Å²) < 4.78 is 37.3. The molecule has 0 saturated heterocycles. The number of benzene rings is 1. The SMILES string of the molecule is C[C@]1(O)CC[C@H]2C3(C=CCCCCCCC(O)C(F)(F)F)CCc4cc(O)ccc4[C@H]3CC[C@@]21C. The minimum Gasteiger partial charge on any atom is -0.508 e. The van der Waals surface area contributed by atoms with Gasteiger partial charge >= 0.3 is 6.18 Å². The van der Waals surface area contributed by atoms with E-state index in [1.807, 2.05) is 13.0 Å². The molecule has 196 valence electrons. The fraction of sp³-hybridized carbons (Fsp3) is 0.724. The van der Waals surface area contributed by atoms with Crippen LogP contribution >= 0.6 is 0 Å². The highest BCUT2D eigenvalue weighted by Gasteiger charge is 2.64. The van der Waals surface area contributed by atoms with Gasteiger partial charge in [0, 0.05) is 0 Å². The van der Waals surface area contributed by atoms with Gasteiger partial charge < -0.3 is 15.3 Å². The van der Waals surface area contributed by atoms with Crippen molar-refractivity contribution in [2.75, 3.05) is 0 Å². The van der Waals surface area contributed by atoms with Crippen molar-refractivity contribution < 1.29 is 28.5 Å². The monoisotopic (exact) mass is 494 g/mol. The lowest BCUT2D eigenvalue weighted by Gasteiger charge is -2.59. The van der Waals surface area contributed by atoms with Gasteiger partial charge in [0.05, 0.1) is 5.60 Å². The van der Waals surface area contributed by atoms with E-state index < -0.39 is 17.9 Å². The smallest absolute Gasteiger partial charge is 0.414 e. The van der Waals surface area contributed by atoms with Crippen LogP contribution in [0.5, 0.6) is 5.75 Å². The van der Waals surface area contributed by atoms with Gasteiger partial charge in [0.2, 0.25) is 0 Å². The highest BCUT2D eigenvalue weighted by Crippen LogP contribution is 2.70. The standard InChI is InChI=1S/C29H41F3O3/c1-26-16-13-23-22-11-10-21(33)19-20(22)12-18-28(23,24(26)14-17-27(26,2)35)15-8-6-4-3-5-7-9-25(34)29(30,31)32/h8,10-11,15,19,23-25,33-35H,3-7,9,12-14,16-18H2,1-2H3/t23-,24-,25?,26+,27+,28?/m1/s1. The number of aliphatic hydroxyl groups is 2. The number of aryl methyl sites for hydroxylation is 1. The number of unbranched alkanes of at least 4 members (excludes halogenated alkanes) is 4. The summed E-state index contributed by atoms with van der Waals surface area (Å²) >= 11 is 0. The molecule has 3 N–H and O–H groups in total. The van der Waals surface area contributed by atoms with Gasteiger partial charge in [0.15, 0.2) is 0 Å². The van der Waals surface area contributed by atoms with Gasteiger partial charge in [-0.25, -0.2) is 0 Å². The second-order valence-electron chi connectivity index (χ2n) is 11.8. The summed E-state index contributed by atoms with van der Waals surface area (Å²) in [5.41, 5.74) is 1.78. The van der Waals surface area contributed by atoms with Crippen LogP contribution in [-0.2, 0) is 6.42 Å². The summed E-state index contributed by atoms with van der Waals surface area (Å²) in [6, 6.07) is 5.81. The number of allylic oxidation sites excluding steroid dienone is 2. The Labute approximate surface area is 207 Å². The van der Waals surface area contributed by atoms with Crippen LogP contribution in [-0.4, -0.2) is 33.2 Å². The maximum atomic E-state index is 12.4. The lowest BCUT2D eigenvalue weighted by Crippen LogP contribution is -2.54. The van der Waals surface area contributed by atoms with E-state index >= 15 is 0 Å². The Morgan fingerprint density at radius 3 is 2.54 bits per heavy atom. The number of hydrogen-bond acceptors (Lipinski definition) is 3. The zero-order chi connectivity index (χ0) is 25.5. The summed E-state index contributed by atoms with van der Waals surface area (Å²) in [5.74, 6) is 1.09. The average molecular weight is 495 g/mol. The Morgan fingerprint density at radius 2 is 1.80 bits per heavy atom. The number of halogens is 3. The third-order valence-electron chi connectivity index (χ3n) is 9.90. The number of alkyl halides is 3. The predicted octanol–water partition coefficient (Wildman–Crippen LogP) is 7.19. The van der Waals surface area contributed by atoms with Crippen molar-refractivity contribution in [1.82, 2.24) is 0 Å². The van der Waals surface area contributed by atoms with E-state index in [1.165, 1.54) is 11.1 Å². The maximum Gasteiger partial charge on any atom is 0.414 e. The molecule has 0 aliphatic heterocycles. The molecule has 2 saturated carbocycles. The number of aliphatic hydroxyl groups excluding tert-OH is 1. The van der Waals surface area contributed by atoms with Crippen LogP contribution in [0.3, 0.4) is 0 Å². The number of phenolic OH excluding ortho intramolecular Hbond substituents is 1. The molecule has 2 unspecified atom stereocenters. The molecule has 0 radical (unpaired) electrons. The number of aromatic hydroxyl groups is 1. The zero-order valence-electron chi connectivity index (χ0n) is 21.1. The first-order chi connectivity index (χ1) is 16.4. The van der Waals surface area contributed by atoms with Gasteiger partial charge in [-0.15, -0.1) is 0 Å². The number of phenols is 1. The fourth-order valence-electron chi connectivity index (χ4n) is 7.69. The van der Waals surface area contributed by atoms with Crippen LogP contribution in [0.15, 0.2) is 30.4 Å². The second-order valence-corrected chi connectivity index (χ2v) is 11.8. The van der Waals surface area contributed by atoms with Crippen molar-refractivity contribution in [3.63, 3.8) is 0 Å². The summed E-state index contributed by atoms with van der Waals surface area (Å²) in [6.45, 7) is 4.29. The second kappa shape index (κ2) is 9.74. The lowest BCUT2D eigenvalue weighted by molar-refractivity contribution is -0.205. The van der Waals surface area contributed by atoms with Crippen LogP contribution in [0.25, 0.3) is 0 Å². The molecular formula is C29H41F3O3. The molecule has 3 aliphatic carbocycles. The predicted molar refractivity (Wildman–Crippen MR) is 131 cm³/mol. The molecule has 6 atom stereocenters. The number of hydrogen-bond donors (Lipinski definition) is 3. The van der Waals surface area contributed by atoms with Crippen LogP contribution in [0.4, 0.5) is 13.2 Å². The first-order valence-corrected chi connectivity index (χ1v) is 13.4. The average Bonchev–Trinajstić information content (AvgIpc) is 3.04. The normalized spacial score (nSPS) is 35.5. The molecule has 0 amide bonds. The lowest BCUT2D eigenvalue weighted by atomic mass is 9.46. The molecule has 0 bridgehead atoms. The Bertz CT molecular complexity index is 924. The first-order valence-electron chi connectivity index (χ1n) is 13.4. The molecule has 1 aromatic rings. The van der Waals surface area contributed by atoms with Crippen molar-refractivity contribution in [1.29, 1.82) is 0 Å². The van der Waals surface area contributed by atoms with E-state index in [1.54, 1.807) is 6.07 Å². The van der Waals surface area contributed by atoms with E-state index in [-0.39, 0.29) is 17.3 Å². The quantitative estimate of drug-likeness (QED) is 0.265. The van der Waals surface area contributed by atoms with Crippen molar-refractivity contribution in [2.45, 2.75) is 115 Å². The minimum atomic E-state index is -4.52. The van der Waals surface area contributed by atoms with E-state index in [0.717, 1.165) is 57.8 Å². The molecule has 4 rings (SSSR count). The molecular weight excluding hydrogens is 453 g/mol. The van der Waals surface area contributed by atoms with Gasteiger partial charge in [-0.2, -0.15) is 13.2 Å². The van der Waals surface area contributed by atoms with Gasteiger partial charge in [-0.3, -0.25) is 0 Å². The topological polar surface area (TPSA) is 60.7 Å². The molecule has 3 aliphatic rings. The third kappa shape index (κ3) is 4.90. The summed E-state index contributed by atoms with van der Waals surface area (Å²) in [5, 5.41) is 30.5. The summed E-state index contributed by atoms with van der Waals surface area (Å²) in [4.78, 5) is 0. The minimum absolute atomic E-state index is 0.0196. The number of fused-ring (bicyclic) bond motifs is 5. The Balaban J connectivity index is 1.45. The Kier molecular flexibility index (Phi) is 7.38. The highest BCUT2D eigenvalue weighted by atomic mass is 19.4. The van der Waals surface area contributed by atoms with E-state index in [2.05, 4.69) is 25.1 Å². The molecule has 35 heavy (non-hydrogen) atoms. The van der Waals surface area contributed by atoms with Crippen molar-refractivity contribution in [3.8, 4) is 5.75 Å². The van der Waals surface area contributed by atoms with Crippen LogP contribution in [0.1, 0.15) is 102 Å². The first kappa shape index (κ1) is 26.5. The summed E-state index contributed by atoms with van der Waals surface area (Å²) in [7, 11) is 0. The molecule has 1 aromatic carbocycles. The van der Waals surface area contributed by atoms with E-state index in [9.17, 15) is 23.4 Å². The Hall–Kier alpha value is -1.53. The van der Waals surface area contributed by atoms with Gasteiger partial charge in [-0.1, -0.05) is 44.4 Å². The largest absolute Gasteiger partial charge is 0.508 e. The van der Waals surface area contributed by atoms with E-state index in [0.29, 0.717) is 30.4 Å². The van der Waals surface area contributed by atoms with Gasteiger partial charge in [-0.05, 0) is 111 Å². The van der Waals surface area contributed by atoms with Crippen molar-refractivity contribution in [2.24, 2.45) is 16.7 Å². The molecule has 6 heteroatoms. The number of rotatable bonds is 8. The summed E-state index contributed by atoms with van der Waals surface area (Å²) in [6.07, 6.45) is 7.27. The molecule has 0 spiro atoms. The van der Waals surface area contributed by atoms with E-state index in [4.69, 9.17) is 5.11 Å². The zero-order valence-corrected chi connectivity index (χ0v) is 21.1. The maximum absolute atomic E-state index is 12.4. The molecule has 2 fully saturated rings. The Morgan fingerprint density at radius 1 is 1.06 bits per heavy atom. The van der Waals surface area contributed by atoms with Gasteiger partial charge in [0.25, 0.3) is 0 Å². The van der Waals surface area contributed by atoms with Crippen molar-refractivity contribution >= 4 is 0 Å². The van der Waals surface area contributed by atoms with Crippen LogP contribution in [0, 0.1) is 16.7 Å². The molecule has 0 heterocycles. The molecule has 3 nitrogen and oxygen atoms in total. The van der Waals surface area contributed by atoms with Crippen LogP contribution in [0.2, 0.25) is 0 Å². The third-order valence-corrected chi connectivity index (χ3v) is 9.90. The fourth-order valence-corrected chi connectivity index (χ4v) is 7.69. The van der Waals surface area contributed by atoms with Gasteiger partial charge in [0.1, 0.15) is 11.9 Å². The molecule has 0 aromatic heterocycles. The highest BCUT2D eigenvalue weighted by molar-refractivity contribution is 5.43. The van der Waals surface area contributed by atoms with Crippen LogP contribution < -0.4 is 0 Å². The van der Waals surface area contributed by atoms with Crippen molar-refractivity contribution in [3.05, 3.63) is 41.5 Å².